The quantitative estimate of drug-likeness (QED) is 0.854. The Kier molecular flexibility index (Phi) is 4.29. The summed E-state index contributed by atoms with van der Waals surface area (Å²) in [6, 6.07) is 9.97. The molecular weight excluding hydrogens is 336 g/mol. The fraction of sp³-hybridized carbons (Fsp3) is 0.421. The SMILES string of the molecule is O=C1C[C@H](C(=O)NCc2nc(-c3ccccc3)cs2)C2(CCCC2)O1. The van der Waals surface area contributed by atoms with E-state index in [0.29, 0.717) is 6.54 Å². The van der Waals surface area contributed by atoms with Crippen molar-refractivity contribution in [2.75, 3.05) is 0 Å². The molecule has 1 saturated heterocycles. The van der Waals surface area contributed by atoms with Gasteiger partial charge in [0.15, 0.2) is 0 Å². The lowest BCUT2D eigenvalue weighted by molar-refractivity contribution is -0.149. The molecule has 1 atom stereocenters. The monoisotopic (exact) mass is 356 g/mol. The van der Waals surface area contributed by atoms with E-state index in [4.69, 9.17) is 4.74 Å². The minimum atomic E-state index is -0.556. The van der Waals surface area contributed by atoms with Crippen molar-refractivity contribution in [2.45, 2.75) is 44.2 Å². The number of thiazole rings is 1. The molecule has 1 N–H and O–H groups in total. The van der Waals surface area contributed by atoms with Crippen molar-refractivity contribution >= 4 is 23.2 Å². The number of hydrogen-bond donors (Lipinski definition) is 1. The van der Waals surface area contributed by atoms with E-state index in [1.165, 1.54) is 11.3 Å². The van der Waals surface area contributed by atoms with Gasteiger partial charge in [-0.3, -0.25) is 9.59 Å². The molecule has 5 nitrogen and oxygen atoms in total. The van der Waals surface area contributed by atoms with Crippen molar-refractivity contribution in [2.24, 2.45) is 5.92 Å². The number of rotatable bonds is 4. The molecule has 0 radical (unpaired) electrons. The van der Waals surface area contributed by atoms with Crippen LogP contribution < -0.4 is 5.32 Å². The summed E-state index contributed by atoms with van der Waals surface area (Å²) in [6.07, 6.45) is 3.82. The summed E-state index contributed by atoms with van der Waals surface area (Å²) in [5.74, 6) is -0.706. The lowest BCUT2D eigenvalue weighted by Crippen LogP contribution is -2.42. The largest absolute Gasteiger partial charge is 0.458 e. The molecule has 4 rings (SSSR count). The van der Waals surface area contributed by atoms with E-state index in [2.05, 4.69) is 10.3 Å². The molecule has 1 aliphatic carbocycles. The van der Waals surface area contributed by atoms with Crippen molar-refractivity contribution in [3.8, 4) is 11.3 Å². The third-order valence-electron chi connectivity index (χ3n) is 5.12. The van der Waals surface area contributed by atoms with Crippen LogP contribution in [0.1, 0.15) is 37.1 Å². The van der Waals surface area contributed by atoms with Gasteiger partial charge in [0.1, 0.15) is 10.6 Å². The van der Waals surface area contributed by atoms with Crippen molar-refractivity contribution < 1.29 is 14.3 Å². The Morgan fingerprint density at radius 3 is 2.80 bits per heavy atom. The number of esters is 1. The average molecular weight is 356 g/mol. The van der Waals surface area contributed by atoms with E-state index in [-0.39, 0.29) is 24.2 Å². The van der Waals surface area contributed by atoms with Crippen molar-refractivity contribution in [1.29, 1.82) is 0 Å². The second-order valence-electron chi connectivity index (χ2n) is 6.71. The maximum Gasteiger partial charge on any atom is 0.307 e. The summed E-state index contributed by atoms with van der Waals surface area (Å²) < 4.78 is 5.54. The molecule has 1 aliphatic heterocycles. The predicted molar refractivity (Wildman–Crippen MR) is 94.8 cm³/mol. The van der Waals surface area contributed by atoms with E-state index >= 15 is 0 Å². The standard InChI is InChI=1S/C19H20N2O3S/c22-17-10-14(19(24-17)8-4-5-9-19)18(23)20-11-16-21-15(12-25-16)13-6-2-1-3-7-13/h1-3,6-7,12,14H,4-5,8-11H2,(H,20,23)/t14-/m1/s1. The molecule has 25 heavy (non-hydrogen) atoms. The summed E-state index contributed by atoms with van der Waals surface area (Å²) in [5, 5.41) is 5.81. The molecule has 2 fully saturated rings. The number of ether oxygens (including phenoxy) is 1. The van der Waals surface area contributed by atoms with Gasteiger partial charge in [-0.15, -0.1) is 11.3 Å². The minimum absolute atomic E-state index is 0.0933. The molecule has 0 bridgehead atoms. The Morgan fingerprint density at radius 2 is 2.04 bits per heavy atom. The highest BCUT2D eigenvalue weighted by Crippen LogP contribution is 2.45. The Bertz CT molecular complexity index is 781. The molecule has 2 heterocycles. The molecule has 1 amide bonds. The first-order valence-electron chi connectivity index (χ1n) is 8.66. The maximum absolute atomic E-state index is 12.6. The van der Waals surface area contributed by atoms with E-state index in [9.17, 15) is 9.59 Å². The third-order valence-corrected chi connectivity index (χ3v) is 5.97. The zero-order valence-electron chi connectivity index (χ0n) is 13.9. The average Bonchev–Trinajstić information content (AvgIpc) is 3.35. The summed E-state index contributed by atoms with van der Waals surface area (Å²) in [6.45, 7) is 0.386. The van der Waals surface area contributed by atoms with Gasteiger partial charge in [0.2, 0.25) is 5.91 Å². The highest BCUT2D eigenvalue weighted by molar-refractivity contribution is 7.09. The fourth-order valence-corrected chi connectivity index (χ4v) is 4.61. The number of aromatic nitrogens is 1. The molecule has 130 valence electrons. The summed E-state index contributed by atoms with van der Waals surface area (Å²) in [5.41, 5.74) is 1.43. The first-order valence-corrected chi connectivity index (χ1v) is 9.54. The van der Waals surface area contributed by atoms with Gasteiger partial charge in [-0.05, 0) is 25.7 Å². The molecule has 6 heteroatoms. The van der Waals surface area contributed by atoms with E-state index in [1.54, 1.807) is 0 Å². The first-order chi connectivity index (χ1) is 12.2. The van der Waals surface area contributed by atoms with Crippen LogP contribution in [0.4, 0.5) is 0 Å². The smallest absolute Gasteiger partial charge is 0.307 e. The van der Waals surface area contributed by atoms with Crippen LogP contribution in [-0.2, 0) is 20.9 Å². The van der Waals surface area contributed by atoms with Crippen molar-refractivity contribution in [3.63, 3.8) is 0 Å². The van der Waals surface area contributed by atoms with Crippen LogP contribution in [0, 0.1) is 5.92 Å². The number of amides is 1. The topological polar surface area (TPSA) is 68.3 Å². The van der Waals surface area contributed by atoms with Crippen LogP contribution >= 0.6 is 11.3 Å². The fourth-order valence-electron chi connectivity index (χ4n) is 3.87. The zero-order valence-corrected chi connectivity index (χ0v) is 14.7. The normalized spacial score (nSPS) is 21.4. The van der Waals surface area contributed by atoms with Gasteiger partial charge in [-0.2, -0.15) is 0 Å². The van der Waals surface area contributed by atoms with Gasteiger partial charge in [0, 0.05) is 10.9 Å². The number of hydrogen-bond acceptors (Lipinski definition) is 5. The zero-order chi connectivity index (χ0) is 17.3. The van der Waals surface area contributed by atoms with E-state index in [1.807, 2.05) is 35.7 Å². The Labute approximate surface area is 150 Å². The van der Waals surface area contributed by atoms with Gasteiger partial charge in [-0.25, -0.2) is 4.98 Å². The van der Waals surface area contributed by atoms with Crippen LogP contribution in [0.5, 0.6) is 0 Å². The van der Waals surface area contributed by atoms with Crippen LogP contribution in [0.2, 0.25) is 0 Å². The highest BCUT2D eigenvalue weighted by Gasteiger charge is 2.53. The summed E-state index contributed by atoms with van der Waals surface area (Å²) in [7, 11) is 0. The molecule has 2 aliphatic rings. The lowest BCUT2D eigenvalue weighted by Gasteiger charge is -2.27. The number of nitrogens with one attached hydrogen (secondary N) is 1. The Hall–Kier alpha value is -2.21. The molecule has 2 aromatic rings. The molecule has 1 saturated carbocycles. The number of benzene rings is 1. The Morgan fingerprint density at radius 1 is 1.28 bits per heavy atom. The second kappa shape index (κ2) is 6.59. The first kappa shape index (κ1) is 16.3. The summed E-state index contributed by atoms with van der Waals surface area (Å²) >= 11 is 1.53. The predicted octanol–water partition coefficient (Wildman–Crippen LogP) is 3.30. The van der Waals surface area contributed by atoms with Gasteiger partial charge >= 0.3 is 5.97 Å². The Balaban J connectivity index is 1.41. The molecule has 1 spiro atoms. The molecule has 0 unspecified atom stereocenters. The lowest BCUT2D eigenvalue weighted by atomic mass is 9.85. The van der Waals surface area contributed by atoms with Crippen LogP contribution in [0.25, 0.3) is 11.3 Å². The molecular formula is C19H20N2O3S. The van der Waals surface area contributed by atoms with Crippen LogP contribution in [-0.4, -0.2) is 22.5 Å². The molecule has 1 aromatic carbocycles. The highest BCUT2D eigenvalue weighted by atomic mass is 32.1. The van der Waals surface area contributed by atoms with Crippen LogP contribution in [0.3, 0.4) is 0 Å². The number of nitrogens with zero attached hydrogens (tertiary/aromatic N) is 1. The van der Waals surface area contributed by atoms with Crippen molar-refractivity contribution in [3.05, 3.63) is 40.7 Å². The maximum atomic E-state index is 12.6. The van der Waals surface area contributed by atoms with Gasteiger partial charge in [0.05, 0.1) is 24.6 Å². The number of carbonyl (C=O) groups excluding carboxylic acids is 2. The van der Waals surface area contributed by atoms with Gasteiger partial charge < -0.3 is 10.1 Å². The molecule has 1 aromatic heterocycles. The van der Waals surface area contributed by atoms with Gasteiger partial charge in [0.25, 0.3) is 0 Å². The van der Waals surface area contributed by atoms with Crippen LogP contribution in [0.15, 0.2) is 35.7 Å². The second-order valence-corrected chi connectivity index (χ2v) is 7.66. The third kappa shape index (κ3) is 3.18. The van der Waals surface area contributed by atoms with Crippen molar-refractivity contribution in [1.82, 2.24) is 10.3 Å². The van der Waals surface area contributed by atoms with Gasteiger partial charge in [-0.1, -0.05) is 30.3 Å². The van der Waals surface area contributed by atoms with E-state index in [0.717, 1.165) is 41.9 Å². The van der Waals surface area contributed by atoms with E-state index < -0.39 is 5.60 Å². The number of carbonyl (C=O) groups is 2. The minimum Gasteiger partial charge on any atom is -0.458 e. The summed E-state index contributed by atoms with van der Waals surface area (Å²) in [4.78, 5) is 29.0.